The molecule has 0 bridgehead atoms. The highest BCUT2D eigenvalue weighted by Crippen LogP contribution is 2.28. The minimum atomic E-state index is -0.221. The second kappa shape index (κ2) is 8.12. The Kier molecular flexibility index (Phi) is 5.87. The average Bonchev–Trinajstić information content (AvgIpc) is 2.61. The maximum absolute atomic E-state index is 13.1. The lowest BCUT2D eigenvalue weighted by atomic mass is 10.1. The van der Waals surface area contributed by atoms with E-state index in [0.29, 0.717) is 18.8 Å². The van der Waals surface area contributed by atoms with Crippen LogP contribution >= 0.6 is 11.8 Å². The summed E-state index contributed by atoms with van der Waals surface area (Å²) < 4.78 is 13.1. The van der Waals surface area contributed by atoms with E-state index in [2.05, 4.69) is 37.8 Å². The molecular weight excluding hydrogens is 347 g/mol. The fraction of sp³-hybridized carbons (Fsp3) is 0.381. The first-order valence-corrected chi connectivity index (χ1v) is 9.91. The summed E-state index contributed by atoms with van der Waals surface area (Å²) in [5.41, 5.74) is 4.74. The quantitative estimate of drug-likeness (QED) is 0.752. The van der Waals surface area contributed by atoms with Crippen LogP contribution in [0.15, 0.2) is 41.3 Å². The van der Waals surface area contributed by atoms with Gasteiger partial charge in [0.2, 0.25) is 5.91 Å². The summed E-state index contributed by atoms with van der Waals surface area (Å²) in [6.45, 7) is 9.29. The maximum Gasteiger partial charge on any atom is 0.233 e. The van der Waals surface area contributed by atoms with Gasteiger partial charge in [0.15, 0.2) is 0 Å². The molecule has 1 aliphatic heterocycles. The largest absolute Gasteiger partial charge is 0.368 e. The number of carbonyl (C=O) groups excluding carboxylic acids is 1. The summed E-state index contributed by atoms with van der Waals surface area (Å²) in [5, 5.41) is 0. The van der Waals surface area contributed by atoms with E-state index in [9.17, 15) is 9.18 Å². The monoisotopic (exact) mass is 372 g/mol. The Labute approximate surface area is 159 Å². The Hall–Kier alpha value is -2.01. The first kappa shape index (κ1) is 18.8. The number of amides is 1. The third kappa shape index (κ3) is 4.39. The van der Waals surface area contributed by atoms with Crippen molar-refractivity contribution in [2.75, 3.05) is 36.8 Å². The molecule has 0 N–H and O–H groups in total. The molecule has 0 atom stereocenters. The van der Waals surface area contributed by atoms with Crippen molar-refractivity contribution in [3.8, 4) is 0 Å². The van der Waals surface area contributed by atoms with E-state index in [1.54, 1.807) is 23.9 Å². The lowest BCUT2D eigenvalue weighted by Gasteiger charge is -2.36. The van der Waals surface area contributed by atoms with Crippen LogP contribution in [0.5, 0.6) is 0 Å². The van der Waals surface area contributed by atoms with E-state index < -0.39 is 0 Å². The van der Waals surface area contributed by atoms with Gasteiger partial charge in [-0.2, -0.15) is 0 Å². The van der Waals surface area contributed by atoms with Gasteiger partial charge in [0.25, 0.3) is 0 Å². The Morgan fingerprint density at radius 3 is 2.15 bits per heavy atom. The fourth-order valence-corrected chi connectivity index (χ4v) is 4.51. The molecule has 0 spiro atoms. The molecule has 0 saturated carbocycles. The van der Waals surface area contributed by atoms with Crippen molar-refractivity contribution in [2.24, 2.45) is 0 Å². The van der Waals surface area contributed by atoms with Crippen LogP contribution in [0.1, 0.15) is 16.7 Å². The van der Waals surface area contributed by atoms with Crippen molar-refractivity contribution >= 4 is 23.4 Å². The molecule has 3 nitrogen and oxygen atoms in total. The summed E-state index contributed by atoms with van der Waals surface area (Å²) in [7, 11) is 0. The van der Waals surface area contributed by atoms with Crippen LogP contribution in [0.4, 0.5) is 10.1 Å². The summed E-state index contributed by atoms with van der Waals surface area (Å²) in [6.07, 6.45) is 0. The van der Waals surface area contributed by atoms with Gasteiger partial charge in [-0.3, -0.25) is 4.79 Å². The summed E-state index contributed by atoms with van der Waals surface area (Å²) in [4.78, 5) is 17.9. The van der Waals surface area contributed by atoms with Crippen LogP contribution in [0.2, 0.25) is 0 Å². The van der Waals surface area contributed by atoms with Gasteiger partial charge in [-0.1, -0.05) is 17.7 Å². The van der Waals surface area contributed by atoms with E-state index >= 15 is 0 Å². The van der Waals surface area contributed by atoms with E-state index in [1.807, 2.05) is 4.90 Å². The smallest absolute Gasteiger partial charge is 0.233 e. The molecule has 26 heavy (non-hydrogen) atoms. The Balaban J connectivity index is 1.53. The molecule has 0 aromatic heterocycles. The molecule has 5 heteroatoms. The van der Waals surface area contributed by atoms with E-state index in [4.69, 9.17) is 0 Å². The highest BCUT2D eigenvalue weighted by molar-refractivity contribution is 8.00. The molecule has 138 valence electrons. The van der Waals surface area contributed by atoms with Crippen LogP contribution in [0, 0.1) is 26.6 Å². The summed E-state index contributed by atoms with van der Waals surface area (Å²) in [6, 6.07) is 10.9. The number of hydrogen-bond acceptors (Lipinski definition) is 3. The van der Waals surface area contributed by atoms with Crippen molar-refractivity contribution in [1.29, 1.82) is 0 Å². The zero-order valence-corrected chi connectivity index (χ0v) is 16.4. The second-order valence-corrected chi connectivity index (χ2v) is 7.85. The van der Waals surface area contributed by atoms with E-state index in [1.165, 1.54) is 33.7 Å². The van der Waals surface area contributed by atoms with Crippen LogP contribution in [-0.2, 0) is 4.79 Å². The first-order chi connectivity index (χ1) is 12.4. The molecule has 2 aromatic carbocycles. The highest BCUT2D eigenvalue weighted by atomic mass is 32.2. The highest BCUT2D eigenvalue weighted by Gasteiger charge is 2.21. The van der Waals surface area contributed by atoms with Gasteiger partial charge in [0.1, 0.15) is 5.82 Å². The zero-order valence-electron chi connectivity index (χ0n) is 15.6. The third-order valence-corrected chi connectivity index (χ3v) is 6.09. The number of thioether (sulfide) groups is 1. The molecule has 0 radical (unpaired) electrons. The lowest BCUT2D eigenvalue weighted by Crippen LogP contribution is -2.49. The van der Waals surface area contributed by atoms with E-state index in [0.717, 1.165) is 18.8 Å². The number of rotatable bonds is 4. The van der Waals surface area contributed by atoms with Crippen molar-refractivity contribution in [2.45, 2.75) is 25.7 Å². The predicted molar refractivity (Wildman–Crippen MR) is 107 cm³/mol. The molecule has 2 aromatic rings. The van der Waals surface area contributed by atoms with Gasteiger partial charge in [-0.15, -0.1) is 11.8 Å². The Morgan fingerprint density at radius 1 is 1.00 bits per heavy atom. The molecule has 1 fully saturated rings. The molecule has 1 saturated heterocycles. The SMILES string of the molecule is Cc1cc(C)c(SCC(=O)N2CCN(c3ccc(F)cc3)CC2)c(C)c1. The topological polar surface area (TPSA) is 23.6 Å². The van der Waals surface area contributed by atoms with Gasteiger partial charge < -0.3 is 9.80 Å². The number of piperazine rings is 1. The minimum Gasteiger partial charge on any atom is -0.368 e. The van der Waals surface area contributed by atoms with E-state index in [-0.39, 0.29) is 11.7 Å². The fourth-order valence-electron chi connectivity index (χ4n) is 3.49. The normalized spacial score (nSPS) is 14.6. The minimum absolute atomic E-state index is 0.188. The van der Waals surface area contributed by atoms with Gasteiger partial charge >= 0.3 is 0 Å². The number of aryl methyl sites for hydroxylation is 3. The van der Waals surface area contributed by atoms with Gasteiger partial charge in [-0.25, -0.2) is 4.39 Å². The number of carbonyl (C=O) groups is 1. The average molecular weight is 373 g/mol. The maximum atomic E-state index is 13.1. The molecule has 1 heterocycles. The predicted octanol–water partition coefficient (Wildman–Crippen LogP) is 4.19. The van der Waals surface area contributed by atoms with Crippen LogP contribution in [0.3, 0.4) is 0 Å². The lowest BCUT2D eigenvalue weighted by molar-refractivity contribution is -0.128. The Bertz CT molecular complexity index is 760. The molecule has 1 amide bonds. The zero-order chi connectivity index (χ0) is 18.7. The van der Waals surface area contributed by atoms with Crippen molar-refractivity contribution in [3.05, 3.63) is 58.9 Å². The van der Waals surface area contributed by atoms with Gasteiger partial charge in [-0.05, 0) is 56.2 Å². The third-order valence-electron chi connectivity index (χ3n) is 4.77. The number of hydrogen-bond donors (Lipinski definition) is 0. The standard InChI is InChI=1S/C21H25FN2OS/c1-15-12-16(2)21(17(3)13-15)26-14-20(25)24-10-8-23(9-11-24)19-6-4-18(22)5-7-19/h4-7,12-13H,8-11,14H2,1-3H3. The summed E-state index contributed by atoms with van der Waals surface area (Å²) in [5.74, 6) is 0.441. The van der Waals surface area contributed by atoms with Crippen LogP contribution in [0.25, 0.3) is 0 Å². The van der Waals surface area contributed by atoms with Gasteiger partial charge in [0.05, 0.1) is 5.75 Å². The number of halogens is 1. The first-order valence-electron chi connectivity index (χ1n) is 8.93. The number of nitrogens with zero attached hydrogens (tertiary/aromatic N) is 2. The molecular formula is C21H25FN2OS. The Morgan fingerprint density at radius 2 is 1.58 bits per heavy atom. The molecule has 3 rings (SSSR count). The second-order valence-electron chi connectivity index (χ2n) is 6.86. The van der Waals surface area contributed by atoms with Crippen LogP contribution in [-0.4, -0.2) is 42.7 Å². The summed E-state index contributed by atoms with van der Waals surface area (Å²) >= 11 is 1.64. The van der Waals surface area contributed by atoms with Gasteiger partial charge in [0, 0.05) is 36.8 Å². The molecule has 0 aliphatic carbocycles. The molecule has 0 unspecified atom stereocenters. The molecule has 1 aliphatic rings. The van der Waals surface area contributed by atoms with Crippen molar-refractivity contribution in [1.82, 2.24) is 4.90 Å². The number of benzene rings is 2. The van der Waals surface area contributed by atoms with Crippen molar-refractivity contribution in [3.63, 3.8) is 0 Å². The van der Waals surface area contributed by atoms with Crippen LogP contribution < -0.4 is 4.90 Å². The van der Waals surface area contributed by atoms with Crippen molar-refractivity contribution < 1.29 is 9.18 Å². The number of anilines is 1.